The van der Waals surface area contributed by atoms with Crippen LogP contribution in [-0.2, 0) is 19.6 Å². The van der Waals surface area contributed by atoms with E-state index in [9.17, 15) is 17.6 Å². The Morgan fingerprint density at radius 1 is 1.15 bits per heavy atom. The van der Waals surface area contributed by atoms with Crippen LogP contribution in [0.5, 0.6) is 0 Å². The molecule has 1 aliphatic rings. The van der Waals surface area contributed by atoms with Crippen LogP contribution in [0.25, 0.3) is 0 Å². The first-order valence-corrected chi connectivity index (χ1v) is 9.91. The number of ether oxygens (including phenoxy) is 1. The Hall–Kier alpha value is -2.49. The number of benzene rings is 2. The fraction of sp³-hybridized carbons (Fsp3) is 0.278. The van der Waals surface area contributed by atoms with Gasteiger partial charge in [0.05, 0.1) is 29.5 Å². The van der Waals surface area contributed by atoms with E-state index in [4.69, 9.17) is 4.74 Å². The number of morpholine rings is 1. The molecule has 1 unspecified atom stereocenters. The lowest BCUT2D eigenvalue weighted by molar-refractivity contribution is -0.117. The van der Waals surface area contributed by atoms with E-state index >= 15 is 0 Å². The van der Waals surface area contributed by atoms with Crippen molar-refractivity contribution in [3.8, 4) is 0 Å². The summed E-state index contributed by atoms with van der Waals surface area (Å²) in [5.41, 5.74) is 0.563. The predicted molar refractivity (Wildman–Crippen MR) is 99.5 cm³/mol. The highest BCUT2D eigenvalue weighted by Gasteiger charge is 2.19. The standard InChI is InChI=1S/C18H20FN3O4S/c19-13-5-7-15(8-6-13)27(24,25)22-17-4-2-1-3-16(17)21-18(23)11-14-12-26-10-9-20-14/h1-8,14,20,22H,9-12H2,(H,21,23). The highest BCUT2D eigenvalue weighted by molar-refractivity contribution is 7.92. The van der Waals surface area contributed by atoms with Crippen molar-refractivity contribution in [3.63, 3.8) is 0 Å². The number of amides is 1. The number of carbonyl (C=O) groups is 1. The molecule has 2 aromatic rings. The highest BCUT2D eigenvalue weighted by Crippen LogP contribution is 2.25. The molecular weight excluding hydrogens is 373 g/mol. The number of sulfonamides is 1. The summed E-state index contributed by atoms with van der Waals surface area (Å²) < 4.78 is 45.8. The number of para-hydroxylation sites is 2. The lowest BCUT2D eigenvalue weighted by Gasteiger charge is -2.23. The minimum atomic E-state index is -3.92. The van der Waals surface area contributed by atoms with Gasteiger partial charge < -0.3 is 15.4 Å². The quantitative estimate of drug-likeness (QED) is 0.697. The minimum Gasteiger partial charge on any atom is -0.378 e. The van der Waals surface area contributed by atoms with Crippen LogP contribution in [0.1, 0.15) is 6.42 Å². The molecule has 1 atom stereocenters. The van der Waals surface area contributed by atoms with Crippen molar-refractivity contribution in [1.29, 1.82) is 0 Å². The first-order valence-electron chi connectivity index (χ1n) is 8.42. The van der Waals surface area contributed by atoms with Crippen molar-refractivity contribution in [1.82, 2.24) is 5.32 Å². The SMILES string of the molecule is O=C(CC1COCCN1)Nc1ccccc1NS(=O)(=O)c1ccc(F)cc1. The number of carbonyl (C=O) groups excluding carboxylic acids is 1. The van der Waals surface area contributed by atoms with Gasteiger partial charge in [-0.25, -0.2) is 12.8 Å². The first kappa shape index (κ1) is 19.3. The molecule has 0 saturated carbocycles. The molecule has 2 aromatic carbocycles. The summed E-state index contributed by atoms with van der Waals surface area (Å²) in [5.74, 6) is -0.784. The van der Waals surface area contributed by atoms with Crippen LogP contribution < -0.4 is 15.4 Å². The van der Waals surface area contributed by atoms with E-state index in [0.29, 0.717) is 25.4 Å². The summed E-state index contributed by atoms with van der Waals surface area (Å²) in [7, 11) is -3.92. The van der Waals surface area contributed by atoms with Crippen molar-refractivity contribution in [3.05, 3.63) is 54.3 Å². The summed E-state index contributed by atoms with van der Waals surface area (Å²) in [6.07, 6.45) is 0.207. The molecule has 0 aliphatic carbocycles. The van der Waals surface area contributed by atoms with Gasteiger partial charge in [0, 0.05) is 19.0 Å². The lowest BCUT2D eigenvalue weighted by Crippen LogP contribution is -2.43. The molecule has 0 spiro atoms. The van der Waals surface area contributed by atoms with E-state index in [0.717, 1.165) is 12.1 Å². The first-order chi connectivity index (χ1) is 12.9. The molecule has 0 bridgehead atoms. The maximum atomic E-state index is 13.0. The van der Waals surface area contributed by atoms with Crippen molar-refractivity contribution in [2.75, 3.05) is 29.8 Å². The summed E-state index contributed by atoms with van der Waals surface area (Å²) in [4.78, 5) is 12.2. The maximum Gasteiger partial charge on any atom is 0.261 e. The number of hydrogen-bond donors (Lipinski definition) is 3. The number of halogens is 1. The summed E-state index contributed by atoms with van der Waals surface area (Å²) in [6, 6.07) is 10.9. The number of rotatable bonds is 6. The van der Waals surface area contributed by atoms with Gasteiger partial charge in [-0.1, -0.05) is 12.1 Å². The highest BCUT2D eigenvalue weighted by atomic mass is 32.2. The largest absolute Gasteiger partial charge is 0.378 e. The van der Waals surface area contributed by atoms with E-state index in [1.54, 1.807) is 24.3 Å². The molecular formula is C18H20FN3O4S. The zero-order valence-corrected chi connectivity index (χ0v) is 15.3. The topological polar surface area (TPSA) is 96.5 Å². The molecule has 1 aliphatic heterocycles. The van der Waals surface area contributed by atoms with E-state index in [-0.39, 0.29) is 29.0 Å². The van der Waals surface area contributed by atoms with Gasteiger partial charge in [0.15, 0.2) is 0 Å². The van der Waals surface area contributed by atoms with Crippen LogP contribution in [-0.4, -0.2) is 40.1 Å². The zero-order valence-electron chi connectivity index (χ0n) is 14.4. The van der Waals surface area contributed by atoms with E-state index < -0.39 is 15.8 Å². The number of anilines is 2. The molecule has 1 fully saturated rings. The number of nitrogens with one attached hydrogen (secondary N) is 3. The Labute approximate surface area is 157 Å². The van der Waals surface area contributed by atoms with Crippen molar-refractivity contribution >= 4 is 27.3 Å². The average Bonchev–Trinajstić information content (AvgIpc) is 2.64. The third-order valence-electron chi connectivity index (χ3n) is 4.00. The van der Waals surface area contributed by atoms with E-state index in [1.807, 2.05) is 0 Å². The maximum absolute atomic E-state index is 13.0. The summed E-state index contributed by atoms with van der Waals surface area (Å²) in [6.45, 7) is 1.75. The molecule has 1 amide bonds. The zero-order chi connectivity index (χ0) is 19.3. The van der Waals surface area contributed by atoms with Crippen LogP contribution >= 0.6 is 0 Å². The van der Waals surface area contributed by atoms with Gasteiger partial charge in [-0.15, -0.1) is 0 Å². The van der Waals surface area contributed by atoms with E-state index in [1.165, 1.54) is 12.1 Å². The van der Waals surface area contributed by atoms with Gasteiger partial charge >= 0.3 is 0 Å². The van der Waals surface area contributed by atoms with Crippen LogP contribution in [0.15, 0.2) is 53.4 Å². The summed E-state index contributed by atoms with van der Waals surface area (Å²) in [5, 5.41) is 5.91. The van der Waals surface area contributed by atoms with Gasteiger partial charge in [0.1, 0.15) is 5.82 Å². The van der Waals surface area contributed by atoms with Crippen LogP contribution in [0.2, 0.25) is 0 Å². The Morgan fingerprint density at radius 2 is 1.85 bits per heavy atom. The second-order valence-electron chi connectivity index (χ2n) is 6.08. The molecule has 0 aromatic heterocycles. The fourth-order valence-electron chi connectivity index (χ4n) is 2.67. The van der Waals surface area contributed by atoms with Crippen molar-refractivity contribution < 1.29 is 22.3 Å². The van der Waals surface area contributed by atoms with Crippen LogP contribution in [0.3, 0.4) is 0 Å². The third-order valence-corrected chi connectivity index (χ3v) is 5.38. The Balaban J connectivity index is 1.71. The van der Waals surface area contributed by atoms with Gasteiger partial charge in [-0.05, 0) is 36.4 Å². The van der Waals surface area contributed by atoms with Gasteiger partial charge in [-0.2, -0.15) is 0 Å². The Kier molecular flexibility index (Phi) is 6.04. The molecule has 1 heterocycles. The second-order valence-corrected chi connectivity index (χ2v) is 7.77. The molecule has 3 N–H and O–H groups in total. The third kappa shape index (κ3) is 5.25. The van der Waals surface area contributed by atoms with Gasteiger partial charge in [0.25, 0.3) is 10.0 Å². The Bertz CT molecular complexity index is 897. The molecule has 0 radical (unpaired) electrons. The molecule has 7 nitrogen and oxygen atoms in total. The predicted octanol–water partition coefficient (Wildman–Crippen LogP) is 1.94. The Morgan fingerprint density at radius 3 is 2.52 bits per heavy atom. The van der Waals surface area contributed by atoms with Gasteiger partial charge in [0.2, 0.25) is 5.91 Å². The molecule has 1 saturated heterocycles. The normalized spacial score (nSPS) is 17.3. The van der Waals surface area contributed by atoms with Crippen molar-refractivity contribution in [2.45, 2.75) is 17.4 Å². The molecule has 9 heteroatoms. The monoisotopic (exact) mass is 393 g/mol. The molecule has 3 rings (SSSR count). The van der Waals surface area contributed by atoms with Crippen LogP contribution in [0, 0.1) is 5.82 Å². The minimum absolute atomic E-state index is 0.0754. The lowest BCUT2D eigenvalue weighted by atomic mass is 10.2. The van der Waals surface area contributed by atoms with Crippen LogP contribution in [0.4, 0.5) is 15.8 Å². The van der Waals surface area contributed by atoms with E-state index in [2.05, 4.69) is 15.4 Å². The molecule has 27 heavy (non-hydrogen) atoms. The smallest absolute Gasteiger partial charge is 0.261 e. The summed E-state index contributed by atoms with van der Waals surface area (Å²) >= 11 is 0. The fourth-order valence-corrected chi connectivity index (χ4v) is 3.75. The average molecular weight is 393 g/mol. The van der Waals surface area contributed by atoms with Gasteiger partial charge in [-0.3, -0.25) is 9.52 Å². The second kappa shape index (κ2) is 8.47. The van der Waals surface area contributed by atoms with Crippen molar-refractivity contribution in [2.24, 2.45) is 0 Å². The number of hydrogen-bond acceptors (Lipinski definition) is 5. The molecule has 144 valence electrons.